The molecule has 8 nitrogen and oxygen atoms in total. The summed E-state index contributed by atoms with van der Waals surface area (Å²) in [7, 11) is 0. The summed E-state index contributed by atoms with van der Waals surface area (Å²) in [5.74, 6) is -2.68. The maximum atomic E-state index is 12.3. The maximum absolute atomic E-state index is 12.3. The Balaban J connectivity index is 2.97. The lowest BCUT2D eigenvalue weighted by molar-refractivity contribution is -0.158. The molecule has 0 aromatic rings. The van der Waals surface area contributed by atoms with E-state index in [1.54, 1.807) is 34.6 Å². The van der Waals surface area contributed by atoms with Crippen LogP contribution in [-0.4, -0.2) is 48.0 Å². The summed E-state index contributed by atoms with van der Waals surface area (Å²) < 4.78 is 10.5. The van der Waals surface area contributed by atoms with Crippen LogP contribution < -0.4 is 10.6 Å². The third-order valence-corrected chi connectivity index (χ3v) is 3.77. The van der Waals surface area contributed by atoms with E-state index >= 15 is 0 Å². The monoisotopic (exact) mass is 382 g/mol. The number of ether oxygens (including phenoxy) is 2. The highest BCUT2D eigenvalue weighted by molar-refractivity contribution is 5.94. The number of cyclic esters (lactones) is 1. The van der Waals surface area contributed by atoms with E-state index < -0.39 is 47.4 Å². The Morgan fingerprint density at radius 1 is 1.26 bits per heavy atom. The van der Waals surface area contributed by atoms with Crippen LogP contribution in [0.4, 0.5) is 0 Å². The number of rotatable bonds is 3. The fraction of sp³-hybridized carbons (Fsp3) is 0.684. The van der Waals surface area contributed by atoms with Crippen molar-refractivity contribution < 1.29 is 28.7 Å². The van der Waals surface area contributed by atoms with E-state index in [-0.39, 0.29) is 18.9 Å². The molecule has 8 heteroatoms. The first-order chi connectivity index (χ1) is 12.4. The molecule has 0 aromatic heterocycles. The Morgan fingerprint density at radius 2 is 1.89 bits per heavy atom. The predicted octanol–water partition coefficient (Wildman–Crippen LogP) is 1.09. The molecule has 0 fully saturated rings. The zero-order valence-corrected chi connectivity index (χ0v) is 16.8. The van der Waals surface area contributed by atoms with Crippen molar-refractivity contribution in [1.29, 1.82) is 0 Å². The van der Waals surface area contributed by atoms with Crippen molar-refractivity contribution in [1.82, 2.24) is 10.6 Å². The zero-order valence-electron chi connectivity index (χ0n) is 16.8. The number of carbonyl (C=O) groups excluding carboxylic acids is 4. The van der Waals surface area contributed by atoms with Crippen molar-refractivity contribution in [2.24, 2.45) is 11.8 Å². The summed E-state index contributed by atoms with van der Waals surface area (Å²) in [6.07, 6.45) is 2.70. The van der Waals surface area contributed by atoms with Crippen molar-refractivity contribution in [3.05, 3.63) is 12.2 Å². The first-order valence-corrected chi connectivity index (χ1v) is 9.06. The first kappa shape index (κ1) is 22.7. The van der Waals surface area contributed by atoms with Gasteiger partial charge in [-0.3, -0.25) is 14.4 Å². The molecule has 0 radical (unpaired) electrons. The van der Waals surface area contributed by atoms with Crippen molar-refractivity contribution in [2.75, 3.05) is 6.61 Å². The first-order valence-electron chi connectivity index (χ1n) is 9.06. The molecule has 0 saturated carbocycles. The van der Waals surface area contributed by atoms with Gasteiger partial charge in [0.05, 0.1) is 13.0 Å². The highest BCUT2D eigenvalue weighted by Gasteiger charge is 2.28. The van der Waals surface area contributed by atoms with Crippen LogP contribution in [-0.2, 0) is 28.7 Å². The molecule has 2 amide bonds. The second kappa shape index (κ2) is 9.53. The second-order valence-electron chi connectivity index (χ2n) is 8.00. The highest BCUT2D eigenvalue weighted by Crippen LogP contribution is 2.14. The molecule has 1 aliphatic rings. The van der Waals surface area contributed by atoms with Gasteiger partial charge < -0.3 is 20.1 Å². The Kier molecular flexibility index (Phi) is 7.99. The van der Waals surface area contributed by atoms with Gasteiger partial charge in [0.1, 0.15) is 17.7 Å². The fourth-order valence-electron chi connectivity index (χ4n) is 2.42. The summed E-state index contributed by atoms with van der Waals surface area (Å²) in [4.78, 5) is 48.6. The Bertz CT molecular complexity index is 606. The predicted molar refractivity (Wildman–Crippen MR) is 98.4 cm³/mol. The number of esters is 2. The SMILES string of the molecule is CC(C)[C@@H]1NC(=O)/C=C/[C@@H](CC(=O)OC(C)(C)C)COC(=O)[C@H](C)NC1=O. The van der Waals surface area contributed by atoms with Crippen molar-refractivity contribution in [3.8, 4) is 0 Å². The minimum absolute atomic E-state index is 0.0390. The van der Waals surface area contributed by atoms with Gasteiger partial charge >= 0.3 is 11.9 Å². The van der Waals surface area contributed by atoms with E-state index in [0.29, 0.717) is 0 Å². The molecule has 0 bridgehead atoms. The minimum Gasteiger partial charge on any atom is -0.464 e. The van der Waals surface area contributed by atoms with Gasteiger partial charge in [-0.25, -0.2) is 4.79 Å². The minimum atomic E-state index is -0.874. The number of amides is 2. The maximum Gasteiger partial charge on any atom is 0.328 e. The second-order valence-corrected chi connectivity index (χ2v) is 8.00. The number of nitrogens with one attached hydrogen (secondary N) is 2. The molecule has 2 N–H and O–H groups in total. The van der Waals surface area contributed by atoms with Crippen molar-refractivity contribution in [2.45, 2.75) is 65.6 Å². The molecular weight excluding hydrogens is 352 g/mol. The Hall–Kier alpha value is -2.38. The van der Waals surface area contributed by atoms with Crippen LogP contribution in [0, 0.1) is 11.8 Å². The highest BCUT2D eigenvalue weighted by atomic mass is 16.6. The quantitative estimate of drug-likeness (QED) is 0.707. The summed E-state index contributed by atoms with van der Waals surface area (Å²) in [5.41, 5.74) is -0.635. The van der Waals surface area contributed by atoms with Crippen LogP contribution in [0.3, 0.4) is 0 Å². The smallest absolute Gasteiger partial charge is 0.328 e. The lowest BCUT2D eigenvalue weighted by atomic mass is 10.0. The molecule has 1 rings (SSSR count). The van der Waals surface area contributed by atoms with E-state index in [2.05, 4.69) is 10.6 Å². The van der Waals surface area contributed by atoms with E-state index in [0.717, 1.165) is 0 Å². The molecular formula is C19H30N2O6. The lowest BCUT2D eigenvalue weighted by Crippen LogP contribution is -2.53. The fourth-order valence-corrected chi connectivity index (χ4v) is 2.42. The molecule has 1 aliphatic heterocycles. The summed E-state index contributed by atoms with van der Waals surface area (Å²) >= 11 is 0. The van der Waals surface area contributed by atoms with E-state index in [1.165, 1.54) is 19.1 Å². The third-order valence-electron chi connectivity index (χ3n) is 3.77. The lowest BCUT2D eigenvalue weighted by Gasteiger charge is -2.24. The molecule has 0 saturated heterocycles. The van der Waals surface area contributed by atoms with Crippen LogP contribution in [0.15, 0.2) is 12.2 Å². The standard InChI is InChI=1S/C19H30N2O6/c1-11(2)16-17(24)20-12(3)18(25)26-10-13(7-8-14(22)21-16)9-15(23)27-19(4,5)6/h7-8,11-13,16H,9-10H2,1-6H3,(H,20,24)(H,21,22)/b8-7+/t12-,13-,16-/m0/s1. The molecule has 0 unspecified atom stereocenters. The molecule has 0 aliphatic carbocycles. The van der Waals surface area contributed by atoms with Crippen molar-refractivity contribution >= 4 is 23.8 Å². The van der Waals surface area contributed by atoms with Gasteiger partial charge in [-0.2, -0.15) is 0 Å². The third kappa shape index (κ3) is 8.23. The normalized spacial score (nSPS) is 26.2. The van der Waals surface area contributed by atoms with E-state index in [1.807, 2.05) is 0 Å². The topological polar surface area (TPSA) is 111 Å². The van der Waals surface area contributed by atoms with Crippen LogP contribution in [0.1, 0.15) is 48.0 Å². The number of hydrogen-bond acceptors (Lipinski definition) is 6. The van der Waals surface area contributed by atoms with Crippen LogP contribution in [0.25, 0.3) is 0 Å². The Labute approximate surface area is 160 Å². The van der Waals surface area contributed by atoms with Gasteiger partial charge in [0, 0.05) is 5.92 Å². The van der Waals surface area contributed by atoms with E-state index in [4.69, 9.17) is 9.47 Å². The van der Waals surface area contributed by atoms with Crippen LogP contribution in [0.2, 0.25) is 0 Å². The molecule has 0 aromatic carbocycles. The van der Waals surface area contributed by atoms with Crippen LogP contribution in [0.5, 0.6) is 0 Å². The molecule has 0 spiro atoms. The molecule has 1 heterocycles. The van der Waals surface area contributed by atoms with Gasteiger partial charge in [0.15, 0.2) is 0 Å². The zero-order chi connectivity index (χ0) is 20.8. The summed E-state index contributed by atoms with van der Waals surface area (Å²) in [6.45, 7) is 10.2. The Morgan fingerprint density at radius 3 is 2.44 bits per heavy atom. The average molecular weight is 382 g/mol. The van der Waals surface area contributed by atoms with Gasteiger partial charge in [-0.15, -0.1) is 0 Å². The molecule has 3 atom stereocenters. The largest absolute Gasteiger partial charge is 0.464 e. The van der Waals surface area contributed by atoms with E-state index in [9.17, 15) is 19.2 Å². The number of carbonyl (C=O) groups is 4. The summed E-state index contributed by atoms with van der Waals surface area (Å²) in [5, 5.41) is 5.17. The molecule has 27 heavy (non-hydrogen) atoms. The average Bonchev–Trinajstić information content (AvgIpc) is 2.51. The number of hydrogen-bond donors (Lipinski definition) is 2. The van der Waals surface area contributed by atoms with Gasteiger partial charge in [0.25, 0.3) is 0 Å². The summed E-state index contributed by atoms with van der Waals surface area (Å²) in [6, 6.07) is -1.66. The van der Waals surface area contributed by atoms with Gasteiger partial charge in [0.2, 0.25) is 11.8 Å². The van der Waals surface area contributed by atoms with Gasteiger partial charge in [-0.1, -0.05) is 19.9 Å². The molecule has 152 valence electrons. The van der Waals surface area contributed by atoms with Crippen LogP contribution >= 0.6 is 0 Å². The van der Waals surface area contributed by atoms with Crippen molar-refractivity contribution in [3.63, 3.8) is 0 Å². The van der Waals surface area contributed by atoms with Gasteiger partial charge in [-0.05, 0) is 39.7 Å².